The third-order valence-corrected chi connectivity index (χ3v) is 4.21. The van der Waals surface area contributed by atoms with Crippen LogP contribution in [0.5, 0.6) is 0 Å². The van der Waals surface area contributed by atoms with Gasteiger partial charge in [-0.05, 0) is 17.7 Å². The highest BCUT2D eigenvalue weighted by Crippen LogP contribution is 2.27. The van der Waals surface area contributed by atoms with Gasteiger partial charge in [-0.3, -0.25) is 9.79 Å². The van der Waals surface area contributed by atoms with Crippen LogP contribution < -0.4 is 5.32 Å². The lowest BCUT2D eigenvalue weighted by Gasteiger charge is -2.11. The first-order chi connectivity index (χ1) is 10.8. The molecule has 22 heavy (non-hydrogen) atoms. The monoisotopic (exact) mass is 307 g/mol. The molecule has 0 fully saturated rings. The van der Waals surface area contributed by atoms with Gasteiger partial charge in [-0.15, -0.1) is 0 Å². The molecule has 0 saturated carbocycles. The molecule has 3 rings (SSSR count). The van der Waals surface area contributed by atoms with Crippen LogP contribution in [0.2, 0.25) is 0 Å². The number of rotatable bonds is 2. The number of carbonyl (C=O) groups is 1. The van der Waals surface area contributed by atoms with E-state index >= 15 is 0 Å². The van der Waals surface area contributed by atoms with Crippen LogP contribution in [0.4, 0.5) is 0 Å². The molecule has 1 aliphatic rings. The van der Waals surface area contributed by atoms with E-state index in [9.17, 15) is 10.1 Å². The summed E-state index contributed by atoms with van der Waals surface area (Å²) < 4.78 is 0. The fourth-order valence-electron chi connectivity index (χ4n) is 2.31. The summed E-state index contributed by atoms with van der Waals surface area (Å²) in [6, 6.07) is 16.8. The van der Waals surface area contributed by atoms with Gasteiger partial charge in [0, 0.05) is 16.9 Å². The third kappa shape index (κ3) is 2.87. The minimum atomic E-state index is -0.198. The normalized spacial score (nSPS) is 13.3. The molecule has 5 heteroatoms. The third-order valence-electron chi connectivity index (χ3n) is 3.32. The Morgan fingerprint density at radius 3 is 2.59 bits per heavy atom. The second-order valence-corrected chi connectivity index (χ2v) is 5.78. The average Bonchev–Trinajstić information content (AvgIpc) is 3.07. The fourth-order valence-corrected chi connectivity index (χ4v) is 3.03. The van der Waals surface area contributed by atoms with Crippen LogP contribution in [0.25, 0.3) is 11.1 Å². The van der Waals surface area contributed by atoms with Gasteiger partial charge in [0.2, 0.25) is 0 Å². The zero-order chi connectivity index (χ0) is 15.4. The molecule has 0 radical (unpaired) electrons. The Labute approximate surface area is 132 Å². The van der Waals surface area contributed by atoms with E-state index in [1.807, 2.05) is 36.4 Å². The number of amidine groups is 1. The largest absolute Gasteiger partial charge is 0.301 e. The Morgan fingerprint density at radius 1 is 1.14 bits per heavy atom. The van der Waals surface area contributed by atoms with Crippen LogP contribution in [0, 0.1) is 11.3 Å². The molecule has 1 N–H and O–H groups in total. The van der Waals surface area contributed by atoms with E-state index in [1.165, 1.54) is 0 Å². The van der Waals surface area contributed by atoms with Crippen LogP contribution in [0.15, 0.2) is 53.5 Å². The van der Waals surface area contributed by atoms with E-state index < -0.39 is 0 Å². The number of nitrogens with one attached hydrogen (secondary N) is 1. The summed E-state index contributed by atoms with van der Waals surface area (Å²) in [7, 11) is 0. The summed E-state index contributed by atoms with van der Waals surface area (Å²) in [5.41, 5.74) is 2.60. The van der Waals surface area contributed by atoms with Gasteiger partial charge in [-0.1, -0.05) is 48.2 Å². The Morgan fingerprint density at radius 2 is 1.86 bits per heavy atom. The van der Waals surface area contributed by atoms with Gasteiger partial charge in [0.1, 0.15) is 0 Å². The van der Waals surface area contributed by atoms with Crippen molar-refractivity contribution >= 4 is 22.8 Å². The molecule has 2 aromatic rings. The Balaban J connectivity index is 2.00. The molecule has 4 nitrogen and oxygen atoms in total. The van der Waals surface area contributed by atoms with E-state index in [0.717, 1.165) is 23.4 Å². The summed E-state index contributed by atoms with van der Waals surface area (Å²) in [4.78, 5) is 16.7. The molecule has 0 bridgehead atoms. The predicted molar refractivity (Wildman–Crippen MR) is 88.8 cm³/mol. The van der Waals surface area contributed by atoms with E-state index in [4.69, 9.17) is 0 Å². The fraction of sp³-hybridized carbons (Fsp3) is 0.118. The summed E-state index contributed by atoms with van der Waals surface area (Å²) in [5.74, 6) is 0.700. The van der Waals surface area contributed by atoms with E-state index in [2.05, 4.69) is 16.4 Å². The van der Waals surface area contributed by atoms with Crippen LogP contribution in [0.3, 0.4) is 0 Å². The Hall–Kier alpha value is -2.58. The van der Waals surface area contributed by atoms with Crippen LogP contribution >= 0.6 is 11.8 Å². The van der Waals surface area contributed by atoms with Gasteiger partial charge >= 0.3 is 0 Å². The second-order valence-electron chi connectivity index (χ2n) is 4.69. The molecular weight excluding hydrogens is 294 g/mol. The second kappa shape index (κ2) is 6.46. The molecular formula is C17H13N3OS. The van der Waals surface area contributed by atoms with Crippen molar-refractivity contribution in [3.05, 3.63) is 59.7 Å². The minimum Gasteiger partial charge on any atom is -0.301 e. The zero-order valence-electron chi connectivity index (χ0n) is 11.7. The topological polar surface area (TPSA) is 65.2 Å². The van der Waals surface area contributed by atoms with Crippen molar-refractivity contribution in [3.8, 4) is 17.2 Å². The molecule has 0 aliphatic carbocycles. The van der Waals surface area contributed by atoms with Crippen molar-refractivity contribution in [2.75, 3.05) is 12.3 Å². The first kappa shape index (κ1) is 14.4. The number of nitrogens with zero attached hydrogens (tertiary/aromatic N) is 2. The molecule has 2 aromatic carbocycles. The highest BCUT2D eigenvalue weighted by Gasteiger charge is 2.17. The predicted octanol–water partition coefficient (Wildman–Crippen LogP) is 3.06. The van der Waals surface area contributed by atoms with Crippen molar-refractivity contribution in [2.24, 2.45) is 4.99 Å². The number of carbonyl (C=O) groups excluding carboxylic acids is 1. The van der Waals surface area contributed by atoms with Gasteiger partial charge < -0.3 is 5.32 Å². The van der Waals surface area contributed by atoms with E-state index in [1.54, 1.807) is 23.9 Å². The average molecular weight is 307 g/mol. The first-order valence-corrected chi connectivity index (χ1v) is 7.85. The smallest absolute Gasteiger partial charge is 0.257 e. The summed E-state index contributed by atoms with van der Waals surface area (Å²) >= 11 is 1.54. The maximum Gasteiger partial charge on any atom is 0.257 e. The van der Waals surface area contributed by atoms with Crippen LogP contribution in [-0.2, 0) is 0 Å². The lowest BCUT2D eigenvalue weighted by molar-refractivity contribution is 0.0978. The Kier molecular flexibility index (Phi) is 4.22. The maximum atomic E-state index is 12.5. The van der Waals surface area contributed by atoms with Crippen LogP contribution in [0.1, 0.15) is 15.9 Å². The molecule has 1 amide bonds. The summed E-state index contributed by atoms with van der Waals surface area (Å²) in [5, 5.41) is 12.8. The number of hydrogen-bond donors (Lipinski definition) is 1. The highest BCUT2D eigenvalue weighted by molar-refractivity contribution is 8.14. The number of thioether (sulfide) groups is 1. The van der Waals surface area contributed by atoms with Gasteiger partial charge in [0.15, 0.2) is 5.17 Å². The standard InChI is InChI=1S/C17H13N3OS/c18-11-12-5-1-2-6-13(12)14-7-3-4-8-15(14)16(21)20-17-19-9-10-22-17/h1-8H,9-10H2,(H,19,20,21). The summed E-state index contributed by atoms with van der Waals surface area (Å²) in [6.45, 7) is 0.735. The van der Waals surface area contributed by atoms with Gasteiger partial charge in [0.05, 0.1) is 18.2 Å². The molecule has 1 aliphatic heterocycles. The molecule has 0 aromatic heterocycles. The molecule has 0 unspecified atom stereocenters. The lowest BCUT2D eigenvalue weighted by Crippen LogP contribution is -2.27. The SMILES string of the molecule is N#Cc1ccccc1-c1ccccc1C(=O)NC1=NCCS1. The lowest BCUT2D eigenvalue weighted by atomic mass is 9.95. The van der Waals surface area contributed by atoms with E-state index in [-0.39, 0.29) is 5.91 Å². The van der Waals surface area contributed by atoms with Crippen molar-refractivity contribution in [3.63, 3.8) is 0 Å². The van der Waals surface area contributed by atoms with Crippen LogP contribution in [-0.4, -0.2) is 23.4 Å². The number of aliphatic imine (C=N–C) groups is 1. The minimum absolute atomic E-state index is 0.198. The highest BCUT2D eigenvalue weighted by atomic mass is 32.2. The number of nitriles is 1. The molecule has 0 atom stereocenters. The van der Waals surface area contributed by atoms with E-state index in [0.29, 0.717) is 16.3 Å². The van der Waals surface area contributed by atoms with Crippen molar-refractivity contribution in [2.45, 2.75) is 0 Å². The first-order valence-electron chi connectivity index (χ1n) is 6.87. The van der Waals surface area contributed by atoms with Gasteiger partial charge in [-0.25, -0.2) is 0 Å². The zero-order valence-corrected chi connectivity index (χ0v) is 12.6. The van der Waals surface area contributed by atoms with Crippen molar-refractivity contribution in [1.29, 1.82) is 5.26 Å². The van der Waals surface area contributed by atoms with Crippen molar-refractivity contribution < 1.29 is 4.79 Å². The number of amides is 1. The quantitative estimate of drug-likeness (QED) is 0.927. The number of benzene rings is 2. The maximum absolute atomic E-state index is 12.5. The molecule has 0 saturated heterocycles. The van der Waals surface area contributed by atoms with Gasteiger partial charge in [-0.2, -0.15) is 5.26 Å². The molecule has 1 heterocycles. The number of hydrogen-bond acceptors (Lipinski definition) is 4. The summed E-state index contributed by atoms with van der Waals surface area (Å²) in [6.07, 6.45) is 0. The van der Waals surface area contributed by atoms with Gasteiger partial charge in [0.25, 0.3) is 5.91 Å². The Bertz CT molecular complexity index is 792. The molecule has 0 spiro atoms. The molecule has 108 valence electrons. The van der Waals surface area contributed by atoms with Crippen molar-refractivity contribution in [1.82, 2.24) is 5.32 Å².